The molecule has 0 aliphatic rings. The molecule has 1 aromatic carbocycles. The monoisotopic (exact) mass is 261 g/mol. The number of nitrogens with two attached hydrogens (primary N) is 1. The molecule has 0 aliphatic heterocycles. The molecule has 106 valence electrons. The summed E-state index contributed by atoms with van der Waals surface area (Å²) in [6.07, 6.45) is 1.04. The van der Waals surface area contributed by atoms with Crippen molar-refractivity contribution in [1.82, 2.24) is 4.90 Å². The Morgan fingerprint density at radius 2 is 1.84 bits per heavy atom. The standard InChI is InChI=1S/C16H27N3/c1-16(2,3)15(17)18-11-8-12-19(4)13-14-9-6-5-7-10-14/h5-7,9-10H,8,11-13H2,1-4H3,(H2,17,18). The first kappa shape index (κ1) is 15.7. The number of hydrogen-bond acceptors (Lipinski definition) is 2. The van der Waals surface area contributed by atoms with E-state index < -0.39 is 0 Å². The highest BCUT2D eigenvalue weighted by molar-refractivity contribution is 5.85. The molecule has 0 atom stereocenters. The summed E-state index contributed by atoms with van der Waals surface area (Å²) >= 11 is 0. The van der Waals surface area contributed by atoms with Crippen LogP contribution in [0.15, 0.2) is 35.3 Å². The van der Waals surface area contributed by atoms with Crippen molar-refractivity contribution in [2.24, 2.45) is 16.1 Å². The molecule has 3 nitrogen and oxygen atoms in total. The molecule has 0 fully saturated rings. The molecule has 0 heterocycles. The van der Waals surface area contributed by atoms with E-state index in [1.165, 1.54) is 5.56 Å². The molecule has 3 heteroatoms. The van der Waals surface area contributed by atoms with Gasteiger partial charge < -0.3 is 10.6 Å². The molecule has 1 rings (SSSR count). The van der Waals surface area contributed by atoms with Crippen molar-refractivity contribution in [3.8, 4) is 0 Å². The Hall–Kier alpha value is -1.35. The zero-order valence-corrected chi connectivity index (χ0v) is 12.7. The minimum atomic E-state index is -0.0179. The van der Waals surface area contributed by atoms with Gasteiger partial charge in [0.1, 0.15) is 0 Å². The number of benzene rings is 1. The van der Waals surface area contributed by atoms with Crippen LogP contribution < -0.4 is 5.73 Å². The molecule has 0 saturated heterocycles. The van der Waals surface area contributed by atoms with Crippen LogP contribution in [0.25, 0.3) is 0 Å². The van der Waals surface area contributed by atoms with Gasteiger partial charge >= 0.3 is 0 Å². The smallest absolute Gasteiger partial charge is 0.0991 e. The third-order valence-corrected chi connectivity index (χ3v) is 3.04. The molecule has 2 N–H and O–H groups in total. The Bertz CT molecular complexity index is 390. The van der Waals surface area contributed by atoms with Gasteiger partial charge in [-0.3, -0.25) is 4.99 Å². The molecule has 0 bridgehead atoms. The fourth-order valence-corrected chi connectivity index (χ4v) is 1.75. The second-order valence-electron chi connectivity index (χ2n) is 6.09. The summed E-state index contributed by atoms with van der Waals surface area (Å²) in [5.74, 6) is 0.748. The fourth-order valence-electron chi connectivity index (χ4n) is 1.75. The number of aliphatic imine (C=N–C) groups is 1. The molecular formula is C16H27N3. The van der Waals surface area contributed by atoms with E-state index in [0.717, 1.165) is 31.9 Å². The quantitative estimate of drug-likeness (QED) is 0.486. The molecule has 0 radical (unpaired) electrons. The topological polar surface area (TPSA) is 41.6 Å². The average molecular weight is 261 g/mol. The zero-order chi connectivity index (χ0) is 14.3. The number of rotatable bonds is 6. The Labute approximate surface area is 117 Å². The Morgan fingerprint density at radius 1 is 1.21 bits per heavy atom. The lowest BCUT2D eigenvalue weighted by molar-refractivity contribution is 0.324. The highest BCUT2D eigenvalue weighted by Gasteiger charge is 2.14. The van der Waals surface area contributed by atoms with Crippen LogP contribution in [-0.2, 0) is 6.54 Å². The van der Waals surface area contributed by atoms with E-state index in [-0.39, 0.29) is 5.41 Å². The molecule has 0 aliphatic carbocycles. The fraction of sp³-hybridized carbons (Fsp3) is 0.562. The summed E-state index contributed by atoms with van der Waals surface area (Å²) in [5, 5.41) is 0. The van der Waals surface area contributed by atoms with E-state index in [9.17, 15) is 0 Å². The SMILES string of the molecule is CN(CCCN=C(N)C(C)(C)C)Cc1ccccc1. The lowest BCUT2D eigenvalue weighted by atomic mass is 9.95. The van der Waals surface area contributed by atoms with Crippen LogP contribution in [0.2, 0.25) is 0 Å². The largest absolute Gasteiger partial charge is 0.387 e. The van der Waals surface area contributed by atoms with Crippen molar-refractivity contribution in [3.05, 3.63) is 35.9 Å². The maximum absolute atomic E-state index is 5.93. The average Bonchev–Trinajstić information content (AvgIpc) is 2.34. The van der Waals surface area contributed by atoms with Gasteiger partial charge in [-0.1, -0.05) is 51.1 Å². The molecule has 0 saturated carbocycles. The first-order chi connectivity index (χ1) is 8.89. The van der Waals surface area contributed by atoms with Crippen molar-refractivity contribution >= 4 is 5.84 Å². The van der Waals surface area contributed by atoms with Gasteiger partial charge in [-0.05, 0) is 25.6 Å². The van der Waals surface area contributed by atoms with Crippen molar-refractivity contribution in [1.29, 1.82) is 0 Å². The molecular weight excluding hydrogens is 234 g/mol. The molecule has 0 aromatic heterocycles. The van der Waals surface area contributed by atoms with Crippen molar-refractivity contribution < 1.29 is 0 Å². The van der Waals surface area contributed by atoms with Gasteiger partial charge in [0.15, 0.2) is 0 Å². The summed E-state index contributed by atoms with van der Waals surface area (Å²) in [6, 6.07) is 10.5. The van der Waals surface area contributed by atoms with E-state index in [1.54, 1.807) is 0 Å². The molecule has 0 amide bonds. The van der Waals surface area contributed by atoms with E-state index >= 15 is 0 Å². The van der Waals surface area contributed by atoms with E-state index in [2.05, 4.69) is 62.0 Å². The minimum absolute atomic E-state index is 0.0179. The van der Waals surface area contributed by atoms with Gasteiger partial charge in [0.2, 0.25) is 0 Å². The van der Waals surface area contributed by atoms with Gasteiger partial charge in [-0.2, -0.15) is 0 Å². The minimum Gasteiger partial charge on any atom is -0.387 e. The van der Waals surface area contributed by atoms with Gasteiger partial charge in [0.05, 0.1) is 5.84 Å². The number of hydrogen-bond donors (Lipinski definition) is 1. The van der Waals surface area contributed by atoms with Gasteiger partial charge in [-0.25, -0.2) is 0 Å². The summed E-state index contributed by atoms with van der Waals surface area (Å²) in [4.78, 5) is 6.76. The molecule has 0 spiro atoms. The van der Waals surface area contributed by atoms with Crippen molar-refractivity contribution in [2.75, 3.05) is 20.1 Å². The summed E-state index contributed by atoms with van der Waals surface area (Å²) in [7, 11) is 2.14. The Balaban J connectivity index is 2.26. The van der Waals surface area contributed by atoms with Crippen LogP contribution in [-0.4, -0.2) is 30.9 Å². The van der Waals surface area contributed by atoms with Gasteiger partial charge in [0.25, 0.3) is 0 Å². The van der Waals surface area contributed by atoms with Gasteiger partial charge in [-0.15, -0.1) is 0 Å². The third-order valence-electron chi connectivity index (χ3n) is 3.04. The molecule has 0 unspecified atom stereocenters. The van der Waals surface area contributed by atoms with Crippen molar-refractivity contribution in [2.45, 2.75) is 33.7 Å². The lowest BCUT2D eigenvalue weighted by Crippen LogP contribution is -2.29. The van der Waals surface area contributed by atoms with Crippen LogP contribution in [0.4, 0.5) is 0 Å². The molecule has 19 heavy (non-hydrogen) atoms. The highest BCUT2D eigenvalue weighted by Crippen LogP contribution is 2.12. The second-order valence-corrected chi connectivity index (χ2v) is 6.09. The molecule has 1 aromatic rings. The summed E-state index contributed by atoms with van der Waals surface area (Å²) in [6.45, 7) is 9.10. The maximum atomic E-state index is 5.93. The Morgan fingerprint density at radius 3 is 2.42 bits per heavy atom. The normalized spacial score (nSPS) is 13.0. The number of nitrogens with zero attached hydrogens (tertiary/aromatic N) is 2. The van der Waals surface area contributed by atoms with Crippen LogP contribution >= 0.6 is 0 Å². The summed E-state index contributed by atoms with van der Waals surface area (Å²) < 4.78 is 0. The van der Waals surface area contributed by atoms with E-state index in [4.69, 9.17) is 5.73 Å². The maximum Gasteiger partial charge on any atom is 0.0991 e. The zero-order valence-electron chi connectivity index (χ0n) is 12.7. The predicted octanol–water partition coefficient (Wildman–Crippen LogP) is 2.91. The third kappa shape index (κ3) is 6.39. The first-order valence-electron chi connectivity index (χ1n) is 6.92. The van der Waals surface area contributed by atoms with Gasteiger partial charge in [0, 0.05) is 18.5 Å². The highest BCUT2D eigenvalue weighted by atomic mass is 15.1. The van der Waals surface area contributed by atoms with Crippen LogP contribution in [0.5, 0.6) is 0 Å². The Kier molecular flexibility index (Phi) is 6.03. The predicted molar refractivity (Wildman–Crippen MR) is 83.3 cm³/mol. The van der Waals surface area contributed by atoms with Crippen molar-refractivity contribution in [3.63, 3.8) is 0 Å². The van der Waals surface area contributed by atoms with Crippen LogP contribution in [0.3, 0.4) is 0 Å². The van der Waals surface area contributed by atoms with Crippen LogP contribution in [0, 0.1) is 5.41 Å². The van der Waals surface area contributed by atoms with Crippen LogP contribution in [0.1, 0.15) is 32.8 Å². The lowest BCUT2D eigenvalue weighted by Gasteiger charge is -2.18. The number of amidine groups is 1. The van der Waals surface area contributed by atoms with E-state index in [1.807, 2.05) is 6.07 Å². The second kappa shape index (κ2) is 7.29. The summed E-state index contributed by atoms with van der Waals surface area (Å²) in [5.41, 5.74) is 7.26. The van der Waals surface area contributed by atoms with E-state index in [0.29, 0.717) is 0 Å². The first-order valence-corrected chi connectivity index (χ1v) is 6.92.